The number of nitrogens with two attached hydrogens (primary N) is 1. The average Bonchev–Trinajstić information content (AvgIpc) is 2.32. The Morgan fingerprint density at radius 3 is 2.59 bits per heavy atom. The summed E-state index contributed by atoms with van der Waals surface area (Å²) < 4.78 is 12.7. The molecule has 90 valence electrons. The Kier molecular flexibility index (Phi) is 3.19. The molecule has 2 rings (SSSR count). The molecule has 1 saturated heterocycles. The van der Waals surface area contributed by atoms with Crippen LogP contribution in [0.5, 0.6) is 0 Å². The summed E-state index contributed by atoms with van der Waals surface area (Å²) in [6.07, 6.45) is 0.686. The normalized spacial score (nSPS) is 20.8. The van der Waals surface area contributed by atoms with Crippen molar-refractivity contribution in [2.24, 2.45) is 5.73 Å². The molecule has 1 aromatic rings. The SMILES string of the molecule is NC1CCC(=O)N(Cc2ccc(F)cc2)C1=O. The quantitative estimate of drug-likeness (QED) is 0.772. The summed E-state index contributed by atoms with van der Waals surface area (Å²) in [6, 6.07) is 5.10. The van der Waals surface area contributed by atoms with Gasteiger partial charge in [-0.05, 0) is 24.1 Å². The lowest BCUT2D eigenvalue weighted by molar-refractivity contribution is -0.149. The van der Waals surface area contributed by atoms with E-state index >= 15 is 0 Å². The van der Waals surface area contributed by atoms with Gasteiger partial charge in [0.15, 0.2) is 0 Å². The van der Waals surface area contributed by atoms with Crippen LogP contribution in [0.3, 0.4) is 0 Å². The molecule has 0 radical (unpaired) electrons. The first kappa shape index (κ1) is 11.7. The predicted molar refractivity (Wildman–Crippen MR) is 59.2 cm³/mol. The number of carbonyl (C=O) groups excluding carboxylic acids is 2. The van der Waals surface area contributed by atoms with Crippen molar-refractivity contribution in [2.75, 3.05) is 0 Å². The number of hydrogen-bond acceptors (Lipinski definition) is 3. The first-order chi connectivity index (χ1) is 8.08. The van der Waals surface area contributed by atoms with E-state index in [-0.39, 0.29) is 30.6 Å². The maximum Gasteiger partial charge on any atom is 0.246 e. The van der Waals surface area contributed by atoms with Gasteiger partial charge in [0.25, 0.3) is 0 Å². The minimum absolute atomic E-state index is 0.158. The second-order valence-corrected chi connectivity index (χ2v) is 4.09. The van der Waals surface area contributed by atoms with Crippen molar-refractivity contribution in [1.29, 1.82) is 0 Å². The zero-order valence-corrected chi connectivity index (χ0v) is 9.23. The fraction of sp³-hybridized carbons (Fsp3) is 0.333. The van der Waals surface area contributed by atoms with Crippen LogP contribution in [0.25, 0.3) is 0 Å². The van der Waals surface area contributed by atoms with Crippen LogP contribution in [0.15, 0.2) is 24.3 Å². The number of amides is 2. The highest BCUT2D eigenvalue weighted by atomic mass is 19.1. The maximum atomic E-state index is 12.7. The highest BCUT2D eigenvalue weighted by Gasteiger charge is 2.31. The van der Waals surface area contributed by atoms with E-state index in [9.17, 15) is 14.0 Å². The first-order valence-electron chi connectivity index (χ1n) is 5.42. The van der Waals surface area contributed by atoms with Crippen molar-refractivity contribution in [1.82, 2.24) is 4.90 Å². The third-order valence-corrected chi connectivity index (χ3v) is 2.81. The summed E-state index contributed by atoms with van der Waals surface area (Å²) in [6.45, 7) is 0.158. The molecule has 1 aliphatic rings. The lowest BCUT2D eigenvalue weighted by Gasteiger charge is -2.28. The summed E-state index contributed by atoms with van der Waals surface area (Å²) in [5, 5.41) is 0. The summed E-state index contributed by atoms with van der Waals surface area (Å²) in [5.74, 6) is -0.923. The molecular formula is C12H13FN2O2. The molecule has 1 unspecified atom stereocenters. The van der Waals surface area contributed by atoms with Crippen molar-refractivity contribution in [3.05, 3.63) is 35.6 Å². The Bertz CT molecular complexity index is 444. The number of piperidine rings is 1. The second kappa shape index (κ2) is 4.63. The second-order valence-electron chi connectivity index (χ2n) is 4.09. The highest BCUT2D eigenvalue weighted by molar-refractivity contribution is 6.00. The van der Waals surface area contributed by atoms with Gasteiger partial charge in [0.05, 0.1) is 12.6 Å². The molecule has 1 aromatic carbocycles. The minimum Gasteiger partial charge on any atom is -0.320 e. The smallest absolute Gasteiger partial charge is 0.246 e. The van der Waals surface area contributed by atoms with E-state index in [1.807, 2.05) is 0 Å². The summed E-state index contributed by atoms with van der Waals surface area (Å²) in [4.78, 5) is 24.5. The molecule has 17 heavy (non-hydrogen) atoms. The molecule has 5 heteroatoms. The van der Waals surface area contributed by atoms with Gasteiger partial charge in [-0.2, -0.15) is 0 Å². The zero-order valence-electron chi connectivity index (χ0n) is 9.23. The third-order valence-electron chi connectivity index (χ3n) is 2.81. The number of halogens is 1. The molecule has 1 aliphatic heterocycles. The number of carbonyl (C=O) groups is 2. The van der Waals surface area contributed by atoms with E-state index in [4.69, 9.17) is 5.73 Å². The number of imide groups is 1. The van der Waals surface area contributed by atoms with Gasteiger partial charge < -0.3 is 5.73 Å². The number of benzene rings is 1. The Morgan fingerprint density at radius 1 is 1.29 bits per heavy atom. The van der Waals surface area contributed by atoms with Crippen LogP contribution in [0, 0.1) is 5.82 Å². The molecule has 4 nitrogen and oxygen atoms in total. The van der Waals surface area contributed by atoms with Crippen LogP contribution in [0.1, 0.15) is 18.4 Å². The van der Waals surface area contributed by atoms with Crippen molar-refractivity contribution in [2.45, 2.75) is 25.4 Å². The number of nitrogens with zero attached hydrogens (tertiary/aromatic N) is 1. The largest absolute Gasteiger partial charge is 0.320 e. The molecular weight excluding hydrogens is 223 g/mol. The molecule has 0 aromatic heterocycles. The van der Waals surface area contributed by atoms with Gasteiger partial charge in [-0.1, -0.05) is 12.1 Å². The molecule has 0 saturated carbocycles. The van der Waals surface area contributed by atoms with Gasteiger partial charge in [-0.25, -0.2) is 4.39 Å². The fourth-order valence-electron chi connectivity index (χ4n) is 1.80. The zero-order chi connectivity index (χ0) is 12.4. The topological polar surface area (TPSA) is 63.4 Å². The molecule has 2 N–H and O–H groups in total. The summed E-state index contributed by atoms with van der Waals surface area (Å²) in [5.41, 5.74) is 6.32. The third kappa shape index (κ3) is 2.50. The lowest BCUT2D eigenvalue weighted by atomic mass is 10.0. The van der Waals surface area contributed by atoms with Crippen LogP contribution in [-0.4, -0.2) is 22.8 Å². The predicted octanol–water partition coefficient (Wildman–Crippen LogP) is 0.802. The van der Waals surface area contributed by atoms with Gasteiger partial charge in [-0.3, -0.25) is 14.5 Å². The number of hydrogen-bond donors (Lipinski definition) is 1. The molecule has 1 atom stereocenters. The van der Waals surface area contributed by atoms with E-state index in [2.05, 4.69) is 0 Å². The molecule has 2 amide bonds. The molecule has 0 aliphatic carbocycles. The Balaban J connectivity index is 2.13. The fourth-order valence-corrected chi connectivity index (χ4v) is 1.80. The van der Waals surface area contributed by atoms with Gasteiger partial charge in [0, 0.05) is 6.42 Å². The molecule has 1 fully saturated rings. The Morgan fingerprint density at radius 2 is 1.94 bits per heavy atom. The first-order valence-corrected chi connectivity index (χ1v) is 5.42. The maximum absolute atomic E-state index is 12.7. The van der Waals surface area contributed by atoms with E-state index < -0.39 is 6.04 Å². The van der Waals surface area contributed by atoms with Crippen molar-refractivity contribution < 1.29 is 14.0 Å². The van der Waals surface area contributed by atoms with E-state index in [1.165, 1.54) is 12.1 Å². The van der Waals surface area contributed by atoms with Gasteiger partial charge in [0.1, 0.15) is 5.82 Å². The van der Waals surface area contributed by atoms with Crippen LogP contribution < -0.4 is 5.73 Å². The van der Waals surface area contributed by atoms with E-state index in [0.717, 1.165) is 4.90 Å². The summed E-state index contributed by atoms with van der Waals surface area (Å²) in [7, 11) is 0. The van der Waals surface area contributed by atoms with Gasteiger partial charge in [0.2, 0.25) is 11.8 Å². The molecule has 0 spiro atoms. The standard InChI is InChI=1S/C12H13FN2O2/c13-9-3-1-8(2-4-9)7-15-11(16)6-5-10(14)12(15)17/h1-4,10H,5-7,14H2. The van der Waals surface area contributed by atoms with Crippen LogP contribution in [0.4, 0.5) is 4.39 Å². The number of rotatable bonds is 2. The summed E-state index contributed by atoms with van der Waals surface area (Å²) >= 11 is 0. The average molecular weight is 236 g/mol. The van der Waals surface area contributed by atoms with Crippen molar-refractivity contribution in [3.63, 3.8) is 0 Å². The van der Waals surface area contributed by atoms with Crippen LogP contribution >= 0.6 is 0 Å². The van der Waals surface area contributed by atoms with E-state index in [1.54, 1.807) is 12.1 Å². The Hall–Kier alpha value is -1.75. The number of likely N-dealkylation sites (tertiary alicyclic amines) is 1. The van der Waals surface area contributed by atoms with Gasteiger partial charge in [-0.15, -0.1) is 0 Å². The lowest BCUT2D eigenvalue weighted by Crippen LogP contribution is -2.50. The highest BCUT2D eigenvalue weighted by Crippen LogP contribution is 2.15. The van der Waals surface area contributed by atoms with Crippen LogP contribution in [-0.2, 0) is 16.1 Å². The van der Waals surface area contributed by atoms with Crippen LogP contribution in [0.2, 0.25) is 0 Å². The van der Waals surface area contributed by atoms with Crippen molar-refractivity contribution in [3.8, 4) is 0 Å². The molecule has 0 bridgehead atoms. The minimum atomic E-state index is -0.604. The van der Waals surface area contributed by atoms with E-state index in [0.29, 0.717) is 12.0 Å². The van der Waals surface area contributed by atoms with Gasteiger partial charge >= 0.3 is 0 Å². The Labute approximate surface area is 98.2 Å². The monoisotopic (exact) mass is 236 g/mol. The molecule has 1 heterocycles. The van der Waals surface area contributed by atoms with Crippen molar-refractivity contribution >= 4 is 11.8 Å².